The van der Waals surface area contributed by atoms with E-state index in [1.54, 1.807) is 18.7 Å². The summed E-state index contributed by atoms with van der Waals surface area (Å²) in [5.74, 6) is -0.347. The molecule has 0 saturated heterocycles. The van der Waals surface area contributed by atoms with Crippen molar-refractivity contribution in [2.45, 2.75) is 13.3 Å². The molecule has 0 aliphatic rings. The van der Waals surface area contributed by atoms with Gasteiger partial charge in [-0.05, 0) is 22.9 Å². The Morgan fingerprint density at radius 1 is 1.60 bits per heavy atom. The second kappa shape index (κ2) is 5.65. The molecule has 0 radical (unpaired) electrons. The van der Waals surface area contributed by atoms with Gasteiger partial charge in [0, 0.05) is 18.8 Å². The van der Waals surface area contributed by atoms with Crippen molar-refractivity contribution in [1.29, 1.82) is 0 Å². The molecule has 0 aliphatic heterocycles. The number of halogens is 2. The highest BCUT2D eigenvalue weighted by Gasteiger charge is 2.20. The lowest BCUT2D eigenvalue weighted by Crippen LogP contribution is -2.10. The smallest absolute Gasteiger partial charge is 0.357 e. The molecule has 0 aliphatic carbocycles. The number of nitrogens with zero attached hydrogens (tertiary/aromatic N) is 2. The first-order valence-corrected chi connectivity index (χ1v) is 6.47. The van der Waals surface area contributed by atoms with Crippen molar-refractivity contribution < 1.29 is 9.53 Å². The molecule has 84 valence electrons. The molecule has 0 fully saturated rings. The molecule has 0 aromatic carbocycles. The molecule has 0 saturated carbocycles. The molecule has 0 N–H and O–H groups in total. The van der Waals surface area contributed by atoms with Crippen LogP contribution in [0.5, 0.6) is 0 Å². The fraction of sp³-hybridized carbons (Fsp3) is 0.556. The van der Waals surface area contributed by atoms with Gasteiger partial charge >= 0.3 is 5.97 Å². The van der Waals surface area contributed by atoms with Gasteiger partial charge in [0.05, 0.1) is 16.8 Å². The first-order chi connectivity index (χ1) is 7.11. The third kappa shape index (κ3) is 2.81. The minimum absolute atomic E-state index is 0.347. The predicted molar refractivity (Wildman–Crippen MR) is 64.4 cm³/mol. The molecule has 0 atom stereocenters. The SMILES string of the molecule is CCOC(=O)c1c(Br)c(CCBr)nn1C. The normalized spacial score (nSPS) is 10.4. The van der Waals surface area contributed by atoms with Crippen molar-refractivity contribution in [3.05, 3.63) is 15.9 Å². The van der Waals surface area contributed by atoms with Crippen LogP contribution in [0.3, 0.4) is 0 Å². The van der Waals surface area contributed by atoms with Gasteiger partial charge in [0.1, 0.15) is 0 Å². The fourth-order valence-electron chi connectivity index (χ4n) is 1.22. The van der Waals surface area contributed by atoms with E-state index in [-0.39, 0.29) is 5.97 Å². The number of aromatic nitrogens is 2. The quantitative estimate of drug-likeness (QED) is 0.624. The summed E-state index contributed by atoms with van der Waals surface area (Å²) in [7, 11) is 1.73. The van der Waals surface area contributed by atoms with Gasteiger partial charge in [-0.2, -0.15) is 5.10 Å². The summed E-state index contributed by atoms with van der Waals surface area (Å²) in [5.41, 5.74) is 1.32. The van der Waals surface area contributed by atoms with Crippen LogP contribution >= 0.6 is 31.9 Å². The molecular weight excluding hydrogens is 328 g/mol. The van der Waals surface area contributed by atoms with E-state index in [9.17, 15) is 4.79 Å². The van der Waals surface area contributed by atoms with Crippen LogP contribution in [-0.2, 0) is 18.2 Å². The van der Waals surface area contributed by atoms with Crippen molar-refractivity contribution >= 4 is 37.8 Å². The van der Waals surface area contributed by atoms with Gasteiger partial charge in [-0.25, -0.2) is 4.79 Å². The van der Waals surface area contributed by atoms with Crippen molar-refractivity contribution in [2.75, 3.05) is 11.9 Å². The van der Waals surface area contributed by atoms with E-state index in [0.717, 1.165) is 21.9 Å². The lowest BCUT2D eigenvalue weighted by atomic mass is 10.3. The number of aryl methyl sites for hydroxylation is 2. The Hall–Kier alpha value is -0.360. The van der Waals surface area contributed by atoms with Gasteiger partial charge in [-0.3, -0.25) is 4.68 Å². The summed E-state index contributed by atoms with van der Waals surface area (Å²) in [5, 5.41) is 5.05. The van der Waals surface area contributed by atoms with Crippen LogP contribution in [0.1, 0.15) is 23.1 Å². The molecule has 0 unspecified atom stereocenters. The summed E-state index contributed by atoms with van der Waals surface area (Å²) in [6.45, 7) is 2.14. The topological polar surface area (TPSA) is 44.1 Å². The Kier molecular flexibility index (Phi) is 4.79. The number of ether oxygens (including phenoxy) is 1. The molecule has 0 amide bonds. The minimum Gasteiger partial charge on any atom is -0.461 e. The van der Waals surface area contributed by atoms with E-state index in [1.807, 2.05) is 0 Å². The second-order valence-corrected chi connectivity index (χ2v) is 4.48. The van der Waals surface area contributed by atoms with Crippen molar-refractivity contribution in [3.63, 3.8) is 0 Å². The van der Waals surface area contributed by atoms with Crippen LogP contribution in [0.4, 0.5) is 0 Å². The van der Waals surface area contributed by atoms with Crippen LogP contribution < -0.4 is 0 Å². The molecule has 0 bridgehead atoms. The monoisotopic (exact) mass is 338 g/mol. The van der Waals surface area contributed by atoms with Gasteiger partial charge in [0.2, 0.25) is 0 Å². The summed E-state index contributed by atoms with van der Waals surface area (Å²) < 4.78 is 7.21. The number of esters is 1. The summed E-state index contributed by atoms with van der Waals surface area (Å²) in [4.78, 5) is 11.6. The Morgan fingerprint density at radius 3 is 2.80 bits per heavy atom. The lowest BCUT2D eigenvalue weighted by Gasteiger charge is -2.01. The number of rotatable bonds is 4. The number of carbonyl (C=O) groups is 1. The molecule has 1 rings (SSSR count). The van der Waals surface area contributed by atoms with E-state index >= 15 is 0 Å². The van der Waals surface area contributed by atoms with E-state index in [4.69, 9.17) is 4.74 Å². The fourth-order valence-corrected chi connectivity index (χ4v) is 2.30. The number of carbonyl (C=O) groups excluding carboxylic acids is 1. The zero-order valence-corrected chi connectivity index (χ0v) is 11.8. The Bertz CT molecular complexity index is 363. The molecule has 1 aromatic heterocycles. The van der Waals surface area contributed by atoms with Gasteiger partial charge in [-0.1, -0.05) is 15.9 Å². The van der Waals surface area contributed by atoms with E-state index < -0.39 is 0 Å². The highest BCUT2D eigenvalue weighted by molar-refractivity contribution is 9.10. The second-order valence-electron chi connectivity index (χ2n) is 2.89. The maximum absolute atomic E-state index is 11.6. The van der Waals surface area contributed by atoms with Crippen LogP contribution in [0, 0.1) is 0 Å². The lowest BCUT2D eigenvalue weighted by molar-refractivity contribution is 0.0512. The maximum atomic E-state index is 11.6. The van der Waals surface area contributed by atoms with Crippen molar-refractivity contribution in [1.82, 2.24) is 9.78 Å². The molecule has 1 aromatic rings. The van der Waals surface area contributed by atoms with Gasteiger partial charge in [0.25, 0.3) is 0 Å². The summed E-state index contributed by atoms with van der Waals surface area (Å²) in [6.07, 6.45) is 0.772. The van der Waals surface area contributed by atoms with E-state index in [0.29, 0.717) is 12.3 Å². The van der Waals surface area contributed by atoms with Gasteiger partial charge in [-0.15, -0.1) is 0 Å². The average Bonchev–Trinajstić information content (AvgIpc) is 2.43. The molecular formula is C9H12Br2N2O2. The van der Waals surface area contributed by atoms with Crippen LogP contribution in [0.2, 0.25) is 0 Å². The van der Waals surface area contributed by atoms with Crippen LogP contribution in [0.15, 0.2) is 4.47 Å². The van der Waals surface area contributed by atoms with E-state index in [2.05, 4.69) is 37.0 Å². The highest BCUT2D eigenvalue weighted by Crippen LogP contribution is 2.22. The van der Waals surface area contributed by atoms with Crippen LogP contribution in [0.25, 0.3) is 0 Å². The first kappa shape index (κ1) is 12.7. The van der Waals surface area contributed by atoms with E-state index in [1.165, 1.54) is 0 Å². The highest BCUT2D eigenvalue weighted by atomic mass is 79.9. The number of hydrogen-bond acceptors (Lipinski definition) is 3. The van der Waals surface area contributed by atoms with Crippen molar-refractivity contribution in [3.8, 4) is 0 Å². The first-order valence-electron chi connectivity index (χ1n) is 4.56. The summed E-state index contributed by atoms with van der Waals surface area (Å²) >= 11 is 6.70. The molecule has 0 spiro atoms. The van der Waals surface area contributed by atoms with Crippen molar-refractivity contribution in [2.24, 2.45) is 7.05 Å². The van der Waals surface area contributed by atoms with Crippen LogP contribution in [-0.4, -0.2) is 27.7 Å². The Labute approximate surface area is 105 Å². The Balaban J connectivity index is 3.02. The minimum atomic E-state index is -0.347. The average molecular weight is 340 g/mol. The third-order valence-electron chi connectivity index (χ3n) is 1.86. The molecule has 4 nitrogen and oxygen atoms in total. The zero-order chi connectivity index (χ0) is 11.4. The van der Waals surface area contributed by atoms with Gasteiger partial charge < -0.3 is 4.74 Å². The zero-order valence-electron chi connectivity index (χ0n) is 8.59. The summed E-state index contributed by atoms with van der Waals surface area (Å²) in [6, 6.07) is 0. The predicted octanol–water partition coefficient (Wildman–Crippen LogP) is 2.30. The number of alkyl halides is 1. The molecule has 6 heteroatoms. The maximum Gasteiger partial charge on any atom is 0.357 e. The third-order valence-corrected chi connectivity index (χ3v) is 3.09. The Morgan fingerprint density at radius 2 is 2.27 bits per heavy atom. The van der Waals surface area contributed by atoms with Gasteiger partial charge in [0.15, 0.2) is 5.69 Å². The largest absolute Gasteiger partial charge is 0.461 e. The standard InChI is InChI=1S/C9H12Br2N2O2/c1-3-15-9(14)8-7(11)6(4-5-10)12-13(8)2/h3-5H2,1-2H3. The molecule has 1 heterocycles. The molecule has 15 heavy (non-hydrogen) atoms. The number of hydrogen-bond donors (Lipinski definition) is 0.